The molecule has 0 aromatic carbocycles. The Morgan fingerprint density at radius 3 is 2.47 bits per heavy atom. The highest BCUT2D eigenvalue weighted by Gasteiger charge is 2.39. The second-order valence-corrected chi connectivity index (χ2v) is 7.91. The van der Waals surface area contributed by atoms with Gasteiger partial charge in [-0.3, -0.25) is 4.79 Å². The minimum Gasteiger partial charge on any atom is -0.337 e. The number of carbonyl (C=O) groups excluding carboxylic acids is 1. The third kappa shape index (κ3) is 4.18. The van der Waals surface area contributed by atoms with Gasteiger partial charge in [0.25, 0.3) is 0 Å². The summed E-state index contributed by atoms with van der Waals surface area (Å²) >= 11 is 0. The summed E-state index contributed by atoms with van der Waals surface area (Å²) in [5, 5.41) is 0. The van der Waals surface area contributed by atoms with Gasteiger partial charge in [0.15, 0.2) is 9.84 Å². The first kappa shape index (κ1) is 16.4. The van der Waals surface area contributed by atoms with Gasteiger partial charge in [0, 0.05) is 12.6 Å². The second-order valence-electron chi connectivity index (χ2n) is 5.68. The number of hydrogen-bond donors (Lipinski definition) is 1. The molecule has 2 N–H and O–H groups in total. The molecule has 112 valence electrons. The third-order valence-electron chi connectivity index (χ3n) is 3.89. The first-order valence-corrected chi connectivity index (χ1v) is 8.86. The van der Waals surface area contributed by atoms with Crippen LogP contribution < -0.4 is 5.73 Å². The fourth-order valence-corrected chi connectivity index (χ4v) is 4.01. The summed E-state index contributed by atoms with van der Waals surface area (Å²) in [5.74, 6) is 0.147. The Labute approximate surface area is 116 Å². The maximum atomic E-state index is 12.5. The number of nitrogens with two attached hydrogens (primary N) is 1. The van der Waals surface area contributed by atoms with Crippen molar-refractivity contribution in [2.45, 2.75) is 58.0 Å². The number of sulfone groups is 1. The van der Waals surface area contributed by atoms with Crippen LogP contribution >= 0.6 is 0 Å². The summed E-state index contributed by atoms with van der Waals surface area (Å²) in [7, 11) is -2.99. The van der Waals surface area contributed by atoms with Gasteiger partial charge in [-0.1, -0.05) is 20.3 Å². The van der Waals surface area contributed by atoms with Crippen LogP contribution in [0.2, 0.25) is 0 Å². The molecule has 0 aliphatic carbocycles. The molecule has 6 heteroatoms. The Kier molecular flexibility index (Phi) is 5.38. The third-order valence-corrected chi connectivity index (χ3v) is 5.64. The van der Waals surface area contributed by atoms with Gasteiger partial charge in [-0.15, -0.1) is 0 Å². The van der Waals surface area contributed by atoms with Crippen molar-refractivity contribution in [2.75, 3.05) is 18.1 Å². The molecule has 1 saturated heterocycles. The van der Waals surface area contributed by atoms with E-state index in [2.05, 4.69) is 6.92 Å². The van der Waals surface area contributed by atoms with E-state index >= 15 is 0 Å². The molecule has 1 amide bonds. The lowest BCUT2D eigenvalue weighted by Crippen LogP contribution is -2.56. The highest BCUT2D eigenvalue weighted by Crippen LogP contribution is 2.22. The maximum absolute atomic E-state index is 12.5. The lowest BCUT2D eigenvalue weighted by Gasteiger charge is -2.35. The highest BCUT2D eigenvalue weighted by atomic mass is 32.2. The lowest BCUT2D eigenvalue weighted by molar-refractivity contribution is -0.138. The van der Waals surface area contributed by atoms with Crippen LogP contribution in [0.5, 0.6) is 0 Å². The van der Waals surface area contributed by atoms with Gasteiger partial charge >= 0.3 is 0 Å². The summed E-state index contributed by atoms with van der Waals surface area (Å²) in [4.78, 5) is 14.2. The van der Waals surface area contributed by atoms with E-state index in [4.69, 9.17) is 5.73 Å². The minimum absolute atomic E-state index is 0.0856. The quantitative estimate of drug-likeness (QED) is 0.789. The Hall–Kier alpha value is -0.620. The molecule has 1 aliphatic heterocycles. The summed E-state index contributed by atoms with van der Waals surface area (Å²) in [5.41, 5.74) is 5.12. The fraction of sp³-hybridized carbons (Fsp3) is 0.923. The summed E-state index contributed by atoms with van der Waals surface area (Å²) < 4.78 is 23.2. The Bertz CT molecular complexity index is 418. The van der Waals surface area contributed by atoms with Crippen molar-refractivity contribution < 1.29 is 13.2 Å². The van der Waals surface area contributed by atoms with Crippen LogP contribution in [0.15, 0.2) is 0 Å². The van der Waals surface area contributed by atoms with E-state index in [1.165, 1.54) is 0 Å². The zero-order chi connectivity index (χ0) is 14.7. The molecule has 0 radical (unpaired) electrons. The SMILES string of the molecule is CCCCN(C(=O)C(C)(N)CC)C1CCS(=O)(=O)C1. The maximum Gasteiger partial charge on any atom is 0.242 e. The van der Waals surface area contributed by atoms with Crippen LogP contribution in [0.25, 0.3) is 0 Å². The van der Waals surface area contributed by atoms with E-state index in [1.807, 2.05) is 6.92 Å². The van der Waals surface area contributed by atoms with Crippen LogP contribution in [-0.2, 0) is 14.6 Å². The number of unbranched alkanes of at least 4 members (excludes halogenated alkanes) is 1. The van der Waals surface area contributed by atoms with Crippen molar-refractivity contribution in [2.24, 2.45) is 5.73 Å². The number of hydrogen-bond acceptors (Lipinski definition) is 4. The largest absolute Gasteiger partial charge is 0.337 e. The van der Waals surface area contributed by atoms with Gasteiger partial charge in [0.2, 0.25) is 5.91 Å². The normalized spacial score (nSPS) is 24.9. The smallest absolute Gasteiger partial charge is 0.242 e. The van der Waals surface area contributed by atoms with Crippen LogP contribution in [0.4, 0.5) is 0 Å². The van der Waals surface area contributed by atoms with Crippen LogP contribution in [-0.4, -0.2) is 48.9 Å². The molecule has 1 aliphatic rings. The Morgan fingerprint density at radius 2 is 2.05 bits per heavy atom. The Balaban J connectivity index is 2.86. The highest BCUT2D eigenvalue weighted by molar-refractivity contribution is 7.91. The van der Waals surface area contributed by atoms with Crippen molar-refractivity contribution >= 4 is 15.7 Å². The van der Waals surface area contributed by atoms with E-state index in [0.717, 1.165) is 12.8 Å². The average Bonchev–Trinajstić information content (AvgIpc) is 2.70. The molecule has 2 atom stereocenters. The topological polar surface area (TPSA) is 80.5 Å². The standard InChI is InChI=1S/C13H26N2O3S/c1-4-6-8-15(12(16)13(3,14)5-2)11-7-9-19(17,18)10-11/h11H,4-10,14H2,1-3H3. The summed E-state index contributed by atoms with van der Waals surface area (Å²) in [6.07, 6.45) is 2.93. The summed E-state index contributed by atoms with van der Waals surface area (Å²) in [6, 6.07) is -0.196. The number of carbonyl (C=O) groups is 1. The van der Waals surface area contributed by atoms with Gasteiger partial charge in [-0.2, -0.15) is 0 Å². The zero-order valence-corrected chi connectivity index (χ0v) is 13.0. The first-order chi connectivity index (χ1) is 8.73. The number of nitrogens with zero attached hydrogens (tertiary/aromatic N) is 1. The van der Waals surface area contributed by atoms with Crippen LogP contribution in [0.3, 0.4) is 0 Å². The minimum atomic E-state index is -2.99. The average molecular weight is 290 g/mol. The van der Waals surface area contributed by atoms with Crippen LogP contribution in [0, 0.1) is 0 Å². The molecular formula is C13H26N2O3S. The molecule has 0 spiro atoms. The van der Waals surface area contributed by atoms with E-state index in [0.29, 0.717) is 19.4 Å². The van der Waals surface area contributed by atoms with Gasteiger partial charge in [-0.25, -0.2) is 8.42 Å². The second kappa shape index (κ2) is 6.22. The van der Waals surface area contributed by atoms with E-state index in [9.17, 15) is 13.2 Å². The lowest BCUT2D eigenvalue weighted by atomic mass is 9.97. The molecule has 1 heterocycles. The molecule has 19 heavy (non-hydrogen) atoms. The van der Waals surface area contributed by atoms with Gasteiger partial charge < -0.3 is 10.6 Å². The van der Waals surface area contributed by atoms with Crippen molar-refractivity contribution in [3.63, 3.8) is 0 Å². The van der Waals surface area contributed by atoms with Crippen molar-refractivity contribution in [1.82, 2.24) is 4.90 Å². The summed E-state index contributed by atoms with van der Waals surface area (Å²) in [6.45, 7) is 6.25. The fourth-order valence-electron chi connectivity index (χ4n) is 2.28. The van der Waals surface area contributed by atoms with Gasteiger partial charge in [-0.05, 0) is 26.2 Å². The Morgan fingerprint density at radius 1 is 1.42 bits per heavy atom. The van der Waals surface area contributed by atoms with Gasteiger partial charge in [0.05, 0.1) is 17.0 Å². The molecule has 1 rings (SSSR count). The number of rotatable bonds is 6. The molecule has 0 aromatic rings. The molecule has 1 fully saturated rings. The number of amides is 1. The monoisotopic (exact) mass is 290 g/mol. The predicted molar refractivity (Wildman–Crippen MR) is 76.6 cm³/mol. The van der Waals surface area contributed by atoms with E-state index < -0.39 is 15.4 Å². The molecule has 5 nitrogen and oxygen atoms in total. The predicted octanol–water partition coefficient (Wildman–Crippen LogP) is 0.930. The molecule has 2 unspecified atom stereocenters. The van der Waals surface area contributed by atoms with Crippen LogP contribution in [0.1, 0.15) is 46.5 Å². The van der Waals surface area contributed by atoms with E-state index in [1.54, 1.807) is 11.8 Å². The van der Waals surface area contributed by atoms with Gasteiger partial charge in [0.1, 0.15) is 0 Å². The molecule has 0 bridgehead atoms. The van der Waals surface area contributed by atoms with Crippen molar-refractivity contribution in [3.8, 4) is 0 Å². The first-order valence-electron chi connectivity index (χ1n) is 7.04. The van der Waals surface area contributed by atoms with Crippen molar-refractivity contribution in [1.29, 1.82) is 0 Å². The van der Waals surface area contributed by atoms with Crippen molar-refractivity contribution in [3.05, 3.63) is 0 Å². The molecular weight excluding hydrogens is 264 g/mol. The zero-order valence-electron chi connectivity index (χ0n) is 12.2. The molecule has 0 saturated carbocycles. The molecule has 0 aromatic heterocycles. The van der Waals surface area contributed by atoms with E-state index in [-0.39, 0.29) is 23.5 Å².